The van der Waals surface area contributed by atoms with Crippen LogP contribution in [0.25, 0.3) is 0 Å². The van der Waals surface area contributed by atoms with Crippen molar-refractivity contribution in [3.05, 3.63) is 15.8 Å². The van der Waals surface area contributed by atoms with E-state index in [9.17, 15) is 4.79 Å². The van der Waals surface area contributed by atoms with Gasteiger partial charge in [-0.3, -0.25) is 4.79 Å². The maximum atomic E-state index is 12.2. The number of nitrogens with zero attached hydrogens (tertiary/aromatic N) is 1. The van der Waals surface area contributed by atoms with Gasteiger partial charge >= 0.3 is 0 Å². The number of rotatable bonds is 2. The number of anilines is 1. The number of hydrogen-bond acceptors (Lipinski definition) is 4. The van der Waals surface area contributed by atoms with Crippen molar-refractivity contribution in [3.63, 3.8) is 0 Å². The van der Waals surface area contributed by atoms with E-state index in [1.54, 1.807) is 6.07 Å². The van der Waals surface area contributed by atoms with E-state index in [1.165, 1.54) is 11.3 Å². The Balaban J connectivity index is 2.08. The highest BCUT2D eigenvalue weighted by Crippen LogP contribution is 2.25. The zero-order valence-corrected chi connectivity index (χ0v) is 11.0. The second kappa shape index (κ2) is 5.06. The van der Waals surface area contributed by atoms with Crippen LogP contribution in [0.15, 0.2) is 6.07 Å². The van der Waals surface area contributed by atoms with Crippen molar-refractivity contribution < 1.29 is 9.53 Å². The Bertz CT molecular complexity index is 391. The summed E-state index contributed by atoms with van der Waals surface area (Å²) in [5, 5.41) is 0. The highest BCUT2D eigenvalue weighted by Gasteiger charge is 2.24. The molecule has 1 fully saturated rings. The lowest BCUT2D eigenvalue weighted by molar-refractivity contribution is 0.0365. The molecule has 2 rings (SSSR count). The molecule has 0 spiro atoms. The van der Waals surface area contributed by atoms with Crippen LogP contribution in [0.5, 0.6) is 0 Å². The maximum absolute atomic E-state index is 12.2. The zero-order valence-electron chi connectivity index (χ0n) is 10.2. The van der Waals surface area contributed by atoms with E-state index in [0.29, 0.717) is 11.7 Å². The predicted octanol–water partition coefficient (Wildman–Crippen LogP) is 1.89. The molecule has 1 aliphatic rings. The van der Waals surface area contributed by atoms with Crippen LogP contribution in [0, 0.1) is 6.92 Å². The van der Waals surface area contributed by atoms with E-state index in [2.05, 4.69) is 0 Å². The lowest BCUT2D eigenvalue weighted by Gasteiger charge is -2.30. The number of hydrogen-bond donors (Lipinski definition) is 1. The third kappa shape index (κ3) is 2.61. The molecule has 0 unspecified atom stereocenters. The first-order chi connectivity index (χ1) is 8.09. The Morgan fingerprint density at radius 2 is 2.18 bits per heavy atom. The minimum Gasteiger partial charge on any atom is -0.398 e. The topological polar surface area (TPSA) is 55.6 Å². The van der Waals surface area contributed by atoms with Crippen molar-refractivity contribution in [2.75, 3.05) is 26.0 Å². The summed E-state index contributed by atoms with van der Waals surface area (Å²) in [6, 6.07) is 2.07. The fourth-order valence-electron chi connectivity index (χ4n) is 2.01. The minimum atomic E-state index is 0.0710. The van der Waals surface area contributed by atoms with E-state index < -0.39 is 0 Å². The fraction of sp³-hybridized carbons (Fsp3) is 0.583. The SMILES string of the molecule is Cc1sc(C(=O)N(C)C2CCOCC2)cc1N. The van der Waals surface area contributed by atoms with Crippen LogP contribution in [-0.4, -0.2) is 37.1 Å². The number of ether oxygens (including phenoxy) is 1. The normalized spacial score (nSPS) is 17.1. The van der Waals surface area contributed by atoms with E-state index >= 15 is 0 Å². The minimum absolute atomic E-state index is 0.0710. The van der Waals surface area contributed by atoms with E-state index in [-0.39, 0.29) is 5.91 Å². The first-order valence-corrected chi connectivity index (χ1v) is 6.62. The number of carbonyl (C=O) groups excluding carboxylic acids is 1. The van der Waals surface area contributed by atoms with Crippen molar-refractivity contribution in [1.82, 2.24) is 4.90 Å². The molecule has 1 aromatic rings. The van der Waals surface area contributed by atoms with E-state index in [1.807, 2.05) is 18.9 Å². The van der Waals surface area contributed by atoms with Crippen LogP contribution in [-0.2, 0) is 4.74 Å². The van der Waals surface area contributed by atoms with E-state index in [0.717, 1.165) is 35.8 Å². The van der Waals surface area contributed by atoms with Gasteiger partial charge in [0.25, 0.3) is 5.91 Å². The highest BCUT2D eigenvalue weighted by atomic mass is 32.1. The Labute approximate surface area is 105 Å². The molecule has 94 valence electrons. The number of aryl methyl sites for hydroxylation is 1. The molecule has 4 nitrogen and oxygen atoms in total. The molecule has 17 heavy (non-hydrogen) atoms. The number of carbonyl (C=O) groups is 1. The number of amides is 1. The predicted molar refractivity (Wildman–Crippen MR) is 69.4 cm³/mol. The molecular weight excluding hydrogens is 236 g/mol. The Morgan fingerprint density at radius 1 is 1.53 bits per heavy atom. The van der Waals surface area contributed by atoms with Gasteiger partial charge in [0.05, 0.1) is 4.88 Å². The van der Waals surface area contributed by atoms with Crippen molar-refractivity contribution in [2.24, 2.45) is 0 Å². The Kier molecular flexibility index (Phi) is 3.69. The quantitative estimate of drug-likeness (QED) is 0.877. The van der Waals surface area contributed by atoms with Gasteiger partial charge in [-0.05, 0) is 25.8 Å². The third-order valence-corrected chi connectivity index (χ3v) is 4.28. The van der Waals surface area contributed by atoms with Crippen molar-refractivity contribution in [3.8, 4) is 0 Å². The zero-order chi connectivity index (χ0) is 12.4. The van der Waals surface area contributed by atoms with Gasteiger partial charge in [-0.2, -0.15) is 0 Å². The smallest absolute Gasteiger partial charge is 0.264 e. The monoisotopic (exact) mass is 254 g/mol. The molecule has 2 N–H and O–H groups in total. The molecule has 1 amide bonds. The van der Waals surface area contributed by atoms with Gasteiger partial charge in [0.1, 0.15) is 0 Å². The summed E-state index contributed by atoms with van der Waals surface area (Å²) in [5.74, 6) is 0.0710. The van der Waals surface area contributed by atoms with Crippen LogP contribution in [0.1, 0.15) is 27.4 Å². The van der Waals surface area contributed by atoms with Gasteiger partial charge < -0.3 is 15.4 Å². The summed E-state index contributed by atoms with van der Waals surface area (Å²) in [6.07, 6.45) is 1.84. The Hall–Kier alpha value is -1.07. The highest BCUT2D eigenvalue weighted by molar-refractivity contribution is 7.14. The van der Waals surface area contributed by atoms with Gasteiger partial charge in [-0.1, -0.05) is 0 Å². The third-order valence-electron chi connectivity index (χ3n) is 3.23. The first kappa shape index (κ1) is 12.4. The fourth-order valence-corrected chi connectivity index (χ4v) is 2.94. The molecule has 0 bridgehead atoms. The molecule has 0 aromatic carbocycles. The molecular formula is C12H18N2O2S. The van der Waals surface area contributed by atoms with Crippen molar-refractivity contribution >= 4 is 22.9 Å². The number of nitrogen functional groups attached to an aromatic ring is 1. The summed E-state index contributed by atoms with van der Waals surface area (Å²) in [4.78, 5) is 15.8. The average molecular weight is 254 g/mol. The maximum Gasteiger partial charge on any atom is 0.264 e. The second-order valence-corrected chi connectivity index (χ2v) is 5.64. The molecule has 1 saturated heterocycles. The molecule has 0 aliphatic carbocycles. The number of nitrogens with two attached hydrogens (primary N) is 1. The van der Waals surface area contributed by atoms with E-state index in [4.69, 9.17) is 10.5 Å². The lowest BCUT2D eigenvalue weighted by Crippen LogP contribution is -2.40. The van der Waals surface area contributed by atoms with Crippen LogP contribution in [0.4, 0.5) is 5.69 Å². The summed E-state index contributed by atoms with van der Waals surface area (Å²) in [6.45, 7) is 3.42. The van der Waals surface area contributed by atoms with Gasteiger partial charge in [0.2, 0.25) is 0 Å². The van der Waals surface area contributed by atoms with Gasteiger partial charge in [0.15, 0.2) is 0 Å². The number of thiophene rings is 1. The molecule has 0 atom stereocenters. The van der Waals surface area contributed by atoms with Crippen LogP contribution >= 0.6 is 11.3 Å². The van der Waals surface area contributed by atoms with Crippen LogP contribution in [0.2, 0.25) is 0 Å². The summed E-state index contributed by atoms with van der Waals surface area (Å²) in [7, 11) is 1.86. The van der Waals surface area contributed by atoms with Gasteiger partial charge in [-0.15, -0.1) is 11.3 Å². The second-order valence-electron chi connectivity index (χ2n) is 4.38. The Morgan fingerprint density at radius 3 is 2.71 bits per heavy atom. The molecule has 1 aromatic heterocycles. The molecule has 0 saturated carbocycles. The van der Waals surface area contributed by atoms with Crippen molar-refractivity contribution in [2.45, 2.75) is 25.8 Å². The average Bonchev–Trinajstić information content (AvgIpc) is 2.69. The van der Waals surface area contributed by atoms with Crippen LogP contribution in [0.3, 0.4) is 0 Å². The molecule has 1 aliphatic heterocycles. The summed E-state index contributed by atoms with van der Waals surface area (Å²) in [5.41, 5.74) is 6.48. The summed E-state index contributed by atoms with van der Waals surface area (Å²) >= 11 is 1.47. The van der Waals surface area contributed by atoms with Gasteiger partial charge in [-0.25, -0.2) is 0 Å². The molecule has 0 radical (unpaired) electrons. The van der Waals surface area contributed by atoms with Gasteiger partial charge in [0, 0.05) is 36.9 Å². The molecule has 2 heterocycles. The largest absolute Gasteiger partial charge is 0.398 e. The lowest BCUT2D eigenvalue weighted by atomic mass is 10.1. The summed E-state index contributed by atoms with van der Waals surface area (Å²) < 4.78 is 5.30. The van der Waals surface area contributed by atoms with Crippen molar-refractivity contribution in [1.29, 1.82) is 0 Å². The standard InChI is InChI=1S/C12H18N2O2S/c1-8-10(13)7-11(17-8)12(15)14(2)9-3-5-16-6-4-9/h7,9H,3-6,13H2,1-2H3. The van der Waals surface area contributed by atoms with Crippen LogP contribution < -0.4 is 5.73 Å². The first-order valence-electron chi connectivity index (χ1n) is 5.80. The molecule has 5 heteroatoms.